The van der Waals surface area contributed by atoms with Gasteiger partial charge in [-0.25, -0.2) is 0 Å². The molecule has 1 atom stereocenters. The summed E-state index contributed by atoms with van der Waals surface area (Å²) < 4.78 is 35.4. The smallest absolute Gasteiger partial charge is 0.294 e. The highest BCUT2D eigenvalue weighted by Gasteiger charge is 2.46. The van der Waals surface area contributed by atoms with E-state index in [0.29, 0.717) is 23.6 Å². The highest BCUT2D eigenvalue weighted by Crippen LogP contribution is 2.39. The highest BCUT2D eigenvalue weighted by molar-refractivity contribution is 7.90. The molecule has 1 aliphatic heterocycles. The fourth-order valence-corrected chi connectivity index (χ4v) is 4.26. The summed E-state index contributed by atoms with van der Waals surface area (Å²) in [5.74, 6) is 0.341. The van der Waals surface area contributed by atoms with E-state index in [4.69, 9.17) is 20.5 Å². The third-order valence-corrected chi connectivity index (χ3v) is 5.49. The van der Waals surface area contributed by atoms with Gasteiger partial charge in [-0.3, -0.25) is 4.18 Å². The van der Waals surface area contributed by atoms with Gasteiger partial charge in [0.05, 0.1) is 5.41 Å². The van der Waals surface area contributed by atoms with Gasteiger partial charge in [0.15, 0.2) is 0 Å². The Hall–Kier alpha value is -1.82. The summed E-state index contributed by atoms with van der Waals surface area (Å²) in [7, 11) is -3.75. The minimum absolute atomic E-state index is 0.248. The maximum atomic E-state index is 12.1. The van der Waals surface area contributed by atoms with E-state index in [1.807, 2.05) is 49.4 Å². The third kappa shape index (κ3) is 4.24. The topological polar surface area (TPSA) is 52.6 Å². The van der Waals surface area contributed by atoms with E-state index in [1.165, 1.54) is 0 Å². The summed E-state index contributed by atoms with van der Waals surface area (Å²) in [6, 6.07) is 16.9. The lowest BCUT2D eigenvalue weighted by atomic mass is 9.90. The molecule has 0 radical (unpaired) electrons. The van der Waals surface area contributed by atoms with Gasteiger partial charge in [0.2, 0.25) is 0 Å². The van der Waals surface area contributed by atoms with Gasteiger partial charge in [0, 0.05) is 11.4 Å². The lowest BCUT2D eigenvalue weighted by Crippen LogP contribution is -2.35. The Labute approximate surface area is 153 Å². The molecule has 0 bridgehead atoms. The van der Waals surface area contributed by atoms with Gasteiger partial charge >= 0.3 is 0 Å². The standard InChI is InChI=1S/C19H19ClO4S/c1-2-19(12-15-6-4-3-5-7-15)18(14-25(21,22)24-19)23-13-16-8-10-17(20)11-9-16/h3-11,14H,2,12-13H2,1H3. The molecule has 0 amide bonds. The van der Waals surface area contributed by atoms with Gasteiger partial charge in [0.25, 0.3) is 10.1 Å². The number of halogens is 1. The molecular formula is C19H19ClO4S. The van der Waals surface area contributed by atoms with Gasteiger partial charge in [-0.1, -0.05) is 61.0 Å². The monoisotopic (exact) mass is 378 g/mol. The quantitative estimate of drug-likeness (QED) is 0.697. The predicted molar refractivity (Wildman–Crippen MR) is 97.5 cm³/mol. The summed E-state index contributed by atoms with van der Waals surface area (Å²) >= 11 is 5.88. The second kappa shape index (κ2) is 7.20. The van der Waals surface area contributed by atoms with Crippen LogP contribution in [0.15, 0.2) is 65.8 Å². The first-order valence-corrected chi connectivity index (χ1v) is 9.86. The Balaban J connectivity index is 1.83. The minimum atomic E-state index is -3.75. The largest absolute Gasteiger partial charge is 0.489 e. The molecule has 0 aliphatic carbocycles. The van der Waals surface area contributed by atoms with E-state index < -0.39 is 15.7 Å². The van der Waals surface area contributed by atoms with Crippen LogP contribution in [0.5, 0.6) is 0 Å². The minimum Gasteiger partial charge on any atom is -0.489 e. The van der Waals surface area contributed by atoms with Crippen molar-refractivity contribution in [3.05, 3.63) is 81.9 Å². The molecule has 132 valence electrons. The van der Waals surface area contributed by atoms with Crippen molar-refractivity contribution in [3.63, 3.8) is 0 Å². The summed E-state index contributed by atoms with van der Waals surface area (Å²) in [6.45, 7) is 2.14. The molecule has 0 aromatic heterocycles. The van der Waals surface area contributed by atoms with Gasteiger partial charge in [-0.05, 0) is 29.7 Å². The predicted octanol–water partition coefficient (Wildman–Crippen LogP) is 4.45. The zero-order chi connectivity index (χ0) is 17.9. The molecule has 2 aromatic rings. The second-order valence-electron chi connectivity index (χ2n) is 5.98. The van der Waals surface area contributed by atoms with Crippen molar-refractivity contribution in [2.45, 2.75) is 32.0 Å². The van der Waals surface area contributed by atoms with Crippen LogP contribution in [0.1, 0.15) is 24.5 Å². The van der Waals surface area contributed by atoms with Crippen LogP contribution in [0, 0.1) is 0 Å². The Bertz CT molecular complexity index is 860. The van der Waals surface area contributed by atoms with Crippen LogP contribution in [-0.4, -0.2) is 14.0 Å². The number of benzene rings is 2. The van der Waals surface area contributed by atoms with Gasteiger partial charge < -0.3 is 4.74 Å². The summed E-state index contributed by atoms with van der Waals surface area (Å²) in [6.07, 6.45) is 0.906. The number of hydrogen-bond acceptors (Lipinski definition) is 4. The Morgan fingerprint density at radius 1 is 1.04 bits per heavy atom. The molecular weight excluding hydrogens is 360 g/mol. The third-order valence-electron chi connectivity index (χ3n) is 4.19. The van der Waals surface area contributed by atoms with Crippen LogP contribution in [0.3, 0.4) is 0 Å². The maximum absolute atomic E-state index is 12.1. The Kier molecular flexibility index (Phi) is 5.18. The molecule has 1 aliphatic rings. The van der Waals surface area contributed by atoms with E-state index in [2.05, 4.69) is 0 Å². The summed E-state index contributed by atoms with van der Waals surface area (Å²) in [4.78, 5) is 0. The van der Waals surface area contributed by atoms with Crippen molar-refractivity contribution in [2.75, 3.05) is 0 Å². The second-order valence-corrected chi connectivity index (χ2v) is 7.81. The van der Waals surface area contributed by atoms with Crippen LogP contribution in [0.4, 0.5) is 0 Å². The van der Waals surface area contributed by atoms with Crippen molar-refractivity contribution in [1.29, 1.82) is 0 Å². The summed E-state index contributed by atoms with van der Waals surface area (Å²) in [5, 5.41) is 1.73. The van der Waals surface area contributed by atoms with Crippen molar-refractivity contribution in [3.8, 4) is 0 Å². The van der Waals surface area contributed by atoms with E-state index in [-0.39, 0.29) is 6.61 Å². The average molecular weight is 379 g/mol. The fourth-order valence-electron chi connectivity index (χ4n) is 2.83. The fraction of sp³-hybridized carbons (Fsp3) is 0.263. The lowest BCUT2D eigenvalue weighted by molar-refractivity contribution is 0.0407. The van der Waals surface area contributed by atoms with Gasteiger partial charge in [0.1, 0.15) is 18.0 Å². The molecule has 0 spiro atoms. The number of hydrogen-bond donors (Lipinski definition) is 0. The number of ether oxygens (including phenoxy) is 1. The zero-order valence-corrected chi connectivity index (χ0v) is 15.4. The van der Waals surface area contributed by atoms with Gasteiger partial charge in [-0.2, -0.15) is 8.42 Å². The molecule has 6 heteroatoms. The average Bonchev–Trinajstić information content (AvgIpc) is 2.86. The molecule has 0 fully saturated rings. The van der Waals surface area contributed by atoms with Crippen LogP contribution in [-0.2, 0) is 32.1 Å². The van der Waals surface area contributed by atoms with Crippen molar-refractivity contribution in [1.82, 2.24) is 0 Å². The normalized spacial score (nSPS) is 21.8. The van der Waals surface area contributed by atoms with E-state index in [9.17, 15) is 8.42 Å². The molecule has 4 nitrogen and oxygen atoms in total. The van der Waals surface area contributed by atoms with E-state index >= 15 is 0 Å². The first-order valence-electron chi connectivity index (χ1n) is 8.01. The molecule has 1 unspecified atom stereocenters. The molecule has 1 heterocycles. The molecule has 0 saturated heterocycles. The van der Waals surface area contributed by atoms with Gasteiger partial charge in [-0.15, -0.1) is 0 Å². The molecule has 25 heavy (non-hydrogen) atoms. The molecule has 0 saturated carbocycles. The Morgan fingerprint density at radius 2 is 1.72 bits per heavy atom. The molecule has 3 rings (SSSR count). The first-order chi connectivity index (χ1) is 11.9. The first kappa shape index (κ1) is 18.0. The van der Waals surface area contributed by atoms with E-state index in [1.54, 1.807) is 12.1 Å². The zero-order valence-electron chi connectivity index (χ0n) is 13.8. The summed E-state index contributed by atoms with van der Waals surface area (Å²) in [5.41, 5.74) is 0.883. The maximum Gasteiger partial charge on any atom is 0.294 e. The van der Waals surface area contributed by atoms with Crippen molar-refractivity contribution < 1.29 is 17.3 Å². The number of rotatable bonds is 6. The molecule has 0 N–H and O–H groups in total. The van der Waals surface area contributed by atoms with Crippen LogP contribution in [0.2, 0.25) is 5.02 Å². The SMILES string of the molecule is CCC1(Cc2ccccc2)OS(=O)(=O)C=C1OCc1ccc(Cl)cc1. The highest BCUT2D eigenvalue weighted by atomic mass is 35.5. The van der Waals surface area contributed by atoms with E-state index in [0.717, 1.165) is 16.5 Å². The Morgan fingerprint density at radius 3 is 2.36 bits per heavy atom. The van der Waals surface area contributed by atoms with Crippen molar-refractivity contribution in [2.24, 2.45) is 0 Å². The van der Waals surface area contributed by atoms with Crippen LogP contribution >= 0.6 is 11.6 Å². The molecule has 2 aromatic carbocycles. The van der Waals surface area contributed by atoms with Crippen LogP contribution < -0.4 is 0 Å². The van der Waals surface area contributed by atoms with Crippen LogP contribution in [0.25, 0.3) is 0 Å². The van der Waals surface area contributed by atoms with Crippen molar-refractivity contribution >= 4 is 21.7 Å². The lowest BCUT2D eigenvalue weighted by Gasteiger charge is -2.28.